The summed E-state index contributed by atoms with van der Waals surface area (Å²) in [7, 11) is 0. The minimum atomic E-state index is -0.203. The van der Waals surface area contributed by atoms with Gasteiger partial charge in [-0.15, -0.1) is 0 Å². The minimum absolute atomic E-state index is 0.0193. The Labute approximate surface area is 119 Å². The Kier molecular flexibility index (Phi) is 5.12. The van der Waals surface area contributed by atoms with Gasteiger partial charge in [0.15, 0.2) is 0 Å². The van der Waals surface area contributed by atoms with Crippen LogP contribution in [0.4, 0.5) is 0 Å². The van der Waals surface area contributed by atoms with Crippen molar-refractivity contribution in [1.29, 1.82) is 0 Å². The van der Waals surface area contributed by atoms with Crippen LogP contribution in [-0.2, 0) is 4.79 Å². The predicted molar refractivity (Wildman–Crippen MR) is 77.6 cm³/mol. The molecule has 0 unspecified atom stereocenters. The fourth-order valence-corrected chi connectivity index (χ4v) is 2.17. The van der Waals surface area contributed by atoms with Gasteiger partial charge in [0.25, 0.3) is 5.91 Å². The van der Waals surface area contributed by atoms with Crippen LogP contribution >= 0.6 is 0 Å². The normalized spacial score (nSPS) is 15.6. The Bertz CT molecular complexity index is 463. The van der Waals surface area contributed by atoms with Gasteiger partial charge in [-0.2, -0.15) is 0 Å². The number of carbonyl (C=O) groups is 2. The fourth-order valence-electron chi connectivity index (χ4n) is 2.17. The first-order valence-electron chi connectivity index (χ1n) is 7.00. The minimum Gasteiger partial charge on any atom is -0.343 e. The Balaban J connectivity index is 1.83. The Morgan fingerprint density at radius 3 is 2.70 bits per heavy atom. The van der Waals surface area contributed by atoms with Crippen LogP contribution in [0.3, 0.4) is 0 Å². The van der Waals surface area contributed by atoms with E-state index in [2.05, 4.69) is 10.6 Å². The zero-order chi connectivity index (χ0) is 14.4. The molecule has 0 aromatic heterocycles. The van der Waals surface area contributed by atoms with E-state index in [4.69, 9.17) is 0 Å². The number of carbonyl (C=O) groups excluding carboxylic acids is 2. The highest BCUT2D eigenvalue weighted by Gasteiger charge is 2.16. The topological polar surface area (TPSA) is 61.4 Å². The first-order chi connectivity index (χ1) is 9.66. The predicted octanol–water partition coefficient (Wildman–Crippen LogP) is 0.547. The van der Waals surface area contributed by atoms with Crippen molar-refractivity contribution in [3.63, 3.8) is 0 Å². The molecule has 0 saturated carbocycles. The Morgan fingerprint density at radius 1 is 1.20 bits per heavy atom. The second kappa shape index (κ2) is 7.05. The number of hydrogen-bond acceptors (Lipinski definition) is 3. The number of rotatable bonds is 3. The largest absolute Gasteiger partial charge is 0.343 e. The van der Waals surface area contributed by atoms with Crippen molar-refractivity contribution in [1.82, 2.24) is 15.5 Å². The molecule has 1 aromatic carbocycles. The number of hydrogen-bond donors (Lipinski definition) is 2. The molecule has 1 fully saturated rings. The van der Waals surface area contributed by atoms with E-state index < -0.39 is 0 Å². The van der Waals surface area contributed by atoms with E-state index in [0.717, 1.165) is 31.6 Å². The van der Waals surface area contributed by atoms with Crippen molar-refractivity contribution >= 4 is 11.8 Å². The highest BCUT2D eigenvalue weighted by atomic mass is 16.2. The molecule has 5 heteroatoms. The summed E-state index contributed by atoms with van der Waals surface area (Å²) in [5.74, 6) is -0.222. The van der Waals surface area contributed by atoms with Crippen LogP contribution in [0.5, 0.6) is 0 Å². The van der Waals surface area contributed by atoms with Crippen molar-refractivity contribution in [3.8, 4) is 0 Å². The van der Waals surface area contributed by atoms with Gasteiger partial charge < -0.3 is 15.5 Å². The molecule has 0 atom stereocenters. The van der Waals surface area contributed by atoms with Crippen LogP contribution in [0.15, 0.2) is 24.3 Å². The summed E-state index contributed by atoms with van der Waals surface area (Å²) in [6.45, 7) is 5.26. The van der Waals surface area contributed by atoms with Gasteiger partial charge in [0.05, 0.1) is 6.54 Å². The van der Waals surface area contributed by atoms with Gasteiger partial charge in [-0.05, 0) is 32.0 Å². The van der Waals surface area contributed by atoms with Crippen LogP contribution in [0.25, 0.3) is 0 Å². The van der Waals surface area contributed by atoms with Crippen LogP contribution in [-0.4, -0.2) is 49.4 Å². The molecule has 1 aliphatic heterocycles. The first kappa shape index (κ1) is 14.5. The van der Waals surface area contributed by atoms with Crippen molar-refractivity contribution in [2.75, 3.05) is 32.7 Å². The molecule has 0 radical (unpaired) electrons. The molecule has 0 bridgehead atoms. The lowest BCUT2D eigenvalue weighted by atomic mass is 10.1. The monoisotopic (exact) mass is 275 g/mol. The number of nitrogens with one attached hydrogen (secondary N) is 2. The Morgan fingerprint density at radius 2 is 1.95 bits per heavy atom. The average Bonchev–Trinajstić information content (AvgIpc) is 2.74. The van der Waals surface area contributed by atoms with E-state index in [9.17, 15) is 9.59 Å². The van der Waals surface area contributed by atoms with Crippen molar-refractivity contribution in [3.05, 3.63) is 35.4 Å². The van der Waals surface area contributed by atoms with Crippen LogP contribution in [0.1, 0.15) is 22.3 Å². The smallest absolute Gasteiger partial charge is 0.251 e. The summed E-state index contributed by atoms with van der Waals surface area (Å²) < 4.78 is 0. The SMILES string of the molecule is Cc1ccc(C(=O)NCC(=O)N2CCCNCC2)cc1. The van der Waals surface area contributed by atoms with E-state index in [1.165, 1.54) is 0 Å². The van der Waals surface area contributed by atoms with Crippen molar-refractivity contribution in [2.24, 2.45) is 0 Å². The third-order valence-electron chi connectivity index (χ3n) is 3.41. The zero-order valence-corrected chi connectivity index (χ0v) is 11.8. The Hall–Kier alpha value is -1.88. The number of aryl methyl sites for hydroxylation is 1. The van der Waals surface area contributed by atoms with Crippen LogP contribution in [0.2, 0.25) is 0 Å². The molecule has 1 heterocycles. The molecule has 1 aliphatic rings. The van der Waals surface area contributed by atoms with Crippen molar-refractivity contribution in [2.45, 2.75) is 13.3 Å². The standard InChI is InChI=1S/C15H21N3O2/c1-12-3-5-13(6-4-12)15(20)17-11-14(19)18-9-2-7-16-8-10-18/h3-6,16H,2,7-11H2,1H3,(H,17,20). The third-order valence-corrected chi connectivity index (χ3v) is 3.41. The second-order valence-corrected chi connectivity index (χ2v) is 5.03. The van der Waals surface area contributed by atoms with Gasteiger partial charge in [0.2, 0.25) is 5.91 Å². The molecule has 5 nitrogen and oxygen atoms in total. The van der Waals surface area contributed by atoms with E-state index in [1.54, 1.807) is 17.0 Å². The second-order valence-electron chi connectivity index (χ2n) is 5.03. The molecular weight excluding hydrogens is 254 g/mol. The maximum atomic E-state index is 12.0. The van der Waals surface area contributed by atoms with E-state index in [0.29, 0.717) is 12.1 Å². The molecule has 2 N–H and O–H groups in total. The van der Waals surface area contributed by atoms with E-state index in [-0.39, 0.29) is 18.4 Å². The maximum Gasteiger partial charge on any atom is 0.251 e. The quantitative estimate of drug-likeness (QED) is 0.847. The molecule has 2 rings (SSSR count). The fraction of sp³-hybridized carbons (Fsp3) is 0.467. The summed E-state index contributed by atoms with van der Waals surface area (Å²) in [6.07, 6.45) is 0.956. The highest BCUT2D eigenvalue weighted by molar-refractivity contribution is 5.96. The molecule has 0 spiro atoms. The summed E-state index contributed by atoms with van der Waals surface area (Å²) in [4.78, 5) is 25.7. The van der Waals surface area contributed by atoms with E-state index >= 15 is 0 Å². The molecule has 1 saturated heterocycles. The number of benzene rings is 1. The molecular formula is C15H21N3O2. The van der Waals surface area contributed by atoms with Gasteiger partial charge in [-0.25, -0.2) is 0 Å². The van der Waals surface area contributed by atoms with Crippen LogP contribution in [0, 0.1) is 6.92 Å². The molecule has 20 heavy (non-hydrogen) atoms. The van der Waals surface area contributed by atoms with Crippen molar-refractivity contribution < 1.29 is 9.59 Å². The lowest BCUT2D eigenvalue weighted by Gasteiger charge is -2.20. The summed E-state index contributed by atoms with van der Waals surface area (Å²) in [5.41, 5.74) is 1.69. The molecule has 0 aliphatic carbocycles. The summed E-state index contributed by atoms with van der Waals surface area (Å²) >= 11 is 0. The van der Waals surface area contributed by atoms with Gasteiger partial charge >= 0.3 is 0 Å². The average molecular weight is 275 g/mol. The highest BCUT2D eigenvalue weighted by Crippen LogP contribution is 2.03. The van der Waals surface area contributed by atoms with Gasteiger partial charge in [-0.1, -0.05) is 17.7 Å². The maximum absolute atomic E-state index is 12.0. The van der Waals surface area contributed by atoms with Gasteiger partial charge in [-0.3, -0.25) is 9.59 Å². The zero-order valence-electron chi connectivity index (χ0n) is 11.8. The summed E-state index contributed by atoms with van der Waals surface area (Å²) in [6, 6.07) is 7.31. The lowest BCUT2D eigenvalue weighted by Crippen LogP contribution is -2.41. The molecule has 2 amide bonds. The third kappa shape index (κ3) is 4.06. The van der Waals surface area contributed by atoms with Gasteiger partial charge in [0.1, 0.15) is 0 Å². The van der Waals surface area contributed by atoms with E-state index in [1.807, 2.05) is 19.1 Å². The lowest BCUT2D eigenvalue weighted by molar-refractivity contribution is -0.129. The number of amides is 2. The van der Waals surface area contributed by atoms with Crippen LogP contribution < -0.4 is 10.6 Å². The first-order valence-corrected chi connectivity index (χ1v) is 7.00. The van der Waals surface area contributed by atoms with Gasteiger partial charge in [0, 0.05) is 25.2 Å². The molecule has 108 valence electrons. The summed E-state index contributed by atoms with van der Waals surface area (Å²) in [5, 5.41) is 5.93. The number of nitrogens with zero attached hydrogens (tertiary/aromatic N) is 1. The molecule has 1 aromatic rings.